The first-order chi connectivity index (χ1) is 10.1. The molecule has 1 heterocycles. The van der Waals surface area contributed by atoms with E-state index in [0.717, 1.165) is 6.08 Å². The zero-order valence-corrected chi connectivity index (χ0v) is 12.6. The molecule has 0 amide bonds. The minimum atomic E-state index is -4.81. The van der Waals surface area contributed by atoms with Crippen LogP contribution in [0.4, 0.5) is 13.2 Å². The third kappa shape index (κ3) is 3.38. The first-order valence-electron chi connectivity index (χ1n) is 6.60. The summed E-state index contributed by atoms with van der Waals surface area (Å²) >= 11 is 6.10. The maximum atomic E-state index is 13.0. The Bertz CT molecular complexity index is 636. The smallest absolute Gasteiger partial charge is 0.430 e. The van der Waals surface area contributed by atoms with E-state index in [1.165, 1.54) is 12.1 Å². The van der Waals surface area contributed by atoms with E-state index < -0.39 is 23.8 Å². The van der Waals surface area contributed by atoms with Gasteiger partial charge in [0.25, 0.3) is 0 Å². The van der Waals surface area contributed by atoms with Gasteiger partial charge in [0.15, 0.2) is 0 Å². The molecule has 1 aliphatic heterocycles. The number of hydrogen-bond donors (Lipinski definition) is 1. The molecule has 120 valence electrons. The number of benzene rings is 1. The molecule has 1 aromatic rings. The van der Waals surface area contributed by atoms with Gasteiger partial charge < -0.3 is 9.84 Å². The summed E-state index contributed by atoms with van der Waals surface area (Å²) in [5.41, 5.74) is 0.0478. The normalized spacial score (nSPS) is 17.8. The van der Waals surface area contributed by atoms with Crippen LogP contribution in [0.15, 0.2) is 17.7 Å². The van der Waals surface area contributed by atoms with Crippen LogP contribution in [-0.4, -0.2) is 23.4 Å². The number of hydrogen-bond acceptors (Lipinski definition) is 2. The molecule has 1 aliphatic rings. The maximum Gasteiger partial charge on any atom is 0.430 e. The highest BCUT2D eigenvalue weighted by Gasteiger charge is 2.48. The van der Waals surface area contributed by atoms with Crippen LogP contribution < -0.4 is 4.74 Å². The van der Waals surface area contributed by atoms with E-state index in [4.69, 9.17) is 21.4 Å². The Morgan fingerprint density at radius 2 is 2.05 bits per heavy atom. The van der Waals surface area contributed by atoms with Gasteiger partial charge in [0.05, 0.1) is 5.57 Å². The minimum absolute atomic E-state index is 0.00706. The number of rotatable bonds is 3. The fraction of sp³-hybridized carbons (Fsp3) is 0.400. The highest BCUT2D eigenvalue weighted by atomic mass is 35.5. The van der Waals surface area contributed by atoms with E-state index in [9.17, 15) is 18.0 Å². The summed E-state index contributed by atoms with van der Waals surface area (Å²) in [6.45, 7) is 3.91. The van der Waals surface area contributed by atoms with Crippen LogP contribution >= 0.6 is 11.6 Å². The number of carboxylic acid groups (broad SMARTS) is 1. The summed E-state index contributed by atoms with van der Waals surface area (Å²) < 4.78 is 43.9. The van der Waals surface area contributed by atoms with Gasteiger partial charge in [0.2, 0.25) is 6.10 Å². The fourth-order valence-corrected chi connectivity index (χ4v) is 2.52. The molecule has 3 nitrogen and oxygen atoms in total. The molecule has 0 saturated heterocycles. The van der Waals surface area contributed by atoms with Crippen LogP contribution in [0.5, 0.6) is 5.75 Å². The van der Waals surface area contributed by atoms with E-state index in [-0.39, 0.29) is 17.2 Å². The fourth-order valence-electron chi connectivity index (χ4n) is 2.27. The van der Waals surface area contributed by atoms with Crippen molar-refractivity contribution in [1.82, 2.24) is 0 Å². The molecule has 0 fully saturated rings. The zero-order chi connectivity index (χ0) is 16.7. The molecular formula is C15H14ClF3O3. The minimum Gasteiger partial charge on any atom is -0.478 e. The molecule has 1 unspecified atom stereocenters. The molecule has 0 saturated carbocycles. The molecule has 0 aromatic heterocycles. The van der Waals surface area contributed by atoms with Crippen molar-refractivity contribution in [3.63, 3.8) is 0 Å². The lowest BCUT2D eigenvalue weighted by molar-refractivity contribution is -0.187. The highest BCUT2D eigenvalue weighted by molar-refractivity contribution is 6.31. The highest BCUT2D eigenvalue weighted by Crippen LogP contribution is 2.39. The molecule has 0 bridgehead atoms. The molecule has 1 aromatic carbocycles. The van der Waals surface area contributed by atoms with Gasteiger partial charge >= 0.3 is 12.1 Å². The average Bonchev–Trinajstić information content (AvgIpc) is 2.36. The quantitative estimate of drug-likeness (QED) is 0.895. The molecule has 1 N–H and O–H groups in total. The monoisotopic (exact) mass is 334 g/mol. The molecular weight excluding hydrogens is 321 g/mol. The Morgan fingerprint density at radius 3 is 2.55 bits per heavy atom. The lowest BCUT2D eigenvalue weighted by Crippen LogP contribution is -2.40. The summed E-state index contributed by atoms with van der Waals surface area (Å²) in [5, 5.41) is 9.34. The summed E-state index contributed by atoms with van der Waals surface area (Å²) in [6.07, 6.45) is -5.74. The van der Waals surface area contributed by atoms with Crippen LogP contribution in [0.3, 0.4) is 0 Å². The Labute approximate surface area is 130 Å². The lowest BCUT2D eigenvalue weighted by Gasteiger charge is -2.27. The maximum absolute atomic E-state index is 13.0. The Hall–Kier alpha value is -1.69. The van der Waals surface area contributed by atoms with Crippen molar-refractivity contribution >= 4 is 23.6 Å². The molecule has 7 heteroatoms. The van der Waals surface area contributed by atoms with Crippen molar-refractivity contribution in [1.29, 1.82) is 0 Å². The van der Waals surface area contributed by atoms with E-state index in [1.807, 2.05) is 13.8 Å². The molecule has 0 aliphatic carbocycles. The van der Waals surface area contributed by atoms with Crippen molar-refractivity contribution in [3.05, 3.63) is 33.9 Å². The van der Waals surface area contributed by atoms with Gasteiger partial charge in [-0.25, -0.2) is 4.79 Å². The van der Waals surface area contributed by atoms with Gasteiger partial charge in [-0.3, -0.25) is 0 Å². The number of alkyl halides is 3. The summed E-state index contributed by atoms with van der Waals surface area (Å²) in [4.78, 5) is 11.0. The summed E-state index contributed by atoms with van der Waals surface area (Å²) in [6, 6.07) is 2.88. The first kappa shape index (κ1) is 16.7. The molecule has 0 radical (unpaired) electrons. The second kappa shape index (κ2) is 5.83. The number of fused-ring (bicyclic) bond motifs is 1. The van der Waals surface area contributed by atoms with Crippen LogP contribution in [0.2, 0.25) is 5.02 Å². The number of aliphatic carboxylic acids is 1. The number of carbonyl (C=O) groups is 1. The van der Waals surface area contributed by atoms with E-state index in [2.05, 4.69) is 0 Å². The Morgan fingerprint density at radius 1 is 1.41 bits per heavy atom. The van der Waals surface area contributed by atoms with Crippen LogP contribution in [-0.2, 0) is 11.2 Å². The van der Waals surface area contributed by atoms with Crippen molar-refractivity contribution < 1.29 is 27.8 Å². The Kier molecular flexibility index (Phi) is 4.42. The molecule has 1 atom stereocenters. The third-order valence-corrected chi connectivity index (χ3v) is 3.54. The zero-order valence-electron chi connectivity index (χ0n) is 11.9. The summed E-state index contributed by atoms with van der Waals surface area (Å²) in [7, 11) is 0. The number of carboxylic acids is 1. The SMILES string of the molecule is CC(C)Cc1cc2c(cc1Cl)C=C(C(=O)O)C(C(F)(F)F)O2. The van der Waals surface area contributed by atoms with Gasteiger partial charge in [-0.15, -0.1) is 0 Å². The predicted molar refractivity (Wildman–Crippen MR) is 76.1 cm³/mol. The average molecular weight is 335 g/mol. The lowest BCUT2D eigenvalue weighted by atomic mass is 9.97. The van der Waals surface area contributed by atoms with Crippen molar-refractivity contribution in [2.75, 3.05) is 0 Å². The number of halogens is 4. The second-order valence-corrected chi connectivity index (χ2v) is 5.93. The van der Waals surface area contributed by atoms with Crippen LogP contribution in [0, 0.1) is 5.92 Å². The summed E-state index contributed by atoms with van der Waals surface area (Å²) in [5.74, 6) is -1.41. The third-order valence-electron chi connectivity index (χ3n) is 3.19. The molecule has 2 rings (SSSR count). The molecule has 22 heavy (non-hydrogen) atoms. The van der Waals surface area contributed by atoms with Gasteiger partial charge in [-0.2, -0.15) is 13.2 Å². The van der Waals surface area contributed by atoms with Crippen LogP contribution in [0.1, 0.15) is 25.0 Å². The standard InChI is InChI=1S/C15H14ClF3O3/c1-7(2)3-8-6-12-9(5-11(8)16)4-10(14(20)21)13(22-12)15(17,18)19/h4-7,13H,3H2,1-2H3,(H,20,21). The predicted octanol–water partition coefficient (Wildman–Crippen LogP) is 4.33. The van der Waals surface area contributed by atoms with Gasteiger partial charge in [-0.1, -0.05) is 25.4 Å². The Balaban J connectivity index is 2.51. The van der Waals surface area contributed by atoms with E-state index in [0.29, 0.717) is 17.0 Å². The van der Waals surface area contributed by atoms with Crippen LogP contribution in [0.25, 0.3) is 6.08 Å². The van der Waals surface area contributed by atoms with Gasteiger partial charge in [0.1, 0.15) is 5.75 Å². The van der Waals surface area contributed by atoms with Gasteiger partial charge in [0, 0.05) is 10.6 Å². The largest absolute Gasteiger partial charge is 0.478 e. The van der Waals surface area contributed by atoms with Crippen molar-refractivity contribution in [2.24, 2.45) is 5.92 Å². The van der Waals surface area contributed by atoms with Gasteiger partial charge in [-0.05, 0) is 36.1 Å². The van der Waals surface area contributed by atoms with E-state index in [1.54, 1.807) is 0 Å². The topological polar surface area (TPSA) is 46.5 Å². The first-order valence-corrected chi connectivity index (χ1v) is 6.98. The second-order valence-electron chi connectivity index (χ2n) is 5.52. The van der Waals surface area contributed by atoms with Crippen molar-refractivity contribution in [2.45, 2.75) is 32.5 Å². The molecule has 0 spiro atoms. The van der Waals surface area contributed by atoms with E-state index >= 15 is 0 Å². The number of ether oxygens (including phenoxy) is 1. The van der Waals surface area contributed by atoms with Crippen molar-refractivity contribution in [3.8, 4) is 5.75 Å².